The number of esters is 1. The molecule has 0 bridgehead atoms. The molecule has 5 atom stereocenters. The van der Waals surface area contributed by atoms with E-state index in [-0.39, 0.29) is 63.7 Å². The average Bonchev–Trinajstić information content (AvgIpc) is 3.28. The highest BCUT2D eigenvalue weighted by Gasteiger charge is 2.34. The van der Waals surface area contributed by atoms with Crippen LogP contribution >= 0.6 is 0 Å². The number of benzene rings is 3. The van der Waals surface area contributed by atoms with Gasteiger partial charge in [0.05, 0.1) is 12.5 Å². The van der Waals surface area contributed by atoms with Crippen molar-refractivity contribution < 1.29 is 53.2 Å². The maximum Gasteiger partial charge on any atom is 0.407 e. The van der Waals surface area contributed by atoms with Gasteiger partial charge in [-0.25, -0.2) is 9.59 Å². The molecule has 20 heteroatoms. The Kier molecular flexibility index (Phi) is 22.3. The molecule has 0 saturated heterocycles. The standard InChI is InChI=1S/C45H61N9O11/c1-28(2)38(42(60)53-36(43(61)62)24-29-18-20-32(55)21-19-29)54-41(59)35(25-37(56)64-26-30-12-5-3-6-13-30)52-40(58)34(51-39(57)33(46)16-11-23-49-44(47)48)17-9-10-22-50-45(63)65-27-31-14-7-4-8-15-31/h3-8,12-15,18-21,28,33-36,38,55H,9-11,16-17,22-27,46H2,1-2H3,(H,50,63)(H,51,57)(H,52,58)(H,53,60)(H,54,59)(H,61,62)(H4,47,48,49)/t33-,34-,35-,36-,38-/m0/s1. The summed E-state index contributed by atoms with van der Waals surface area (Å²) in [5.74, 6) is -6.41. The molecule has 5 amide bonds. The van der Waals surface area contributed by atoms with E-state index in [0.29, 0.717) is 24.0 Å². The number of carbonyl (C=O) groups is 7. The molecule has 0 spiro atoms. The lowest BCUT2D eigenvalue weighted by molar-refractivity contribution is -0.148. The molecular weight excluding hydrogens is 843 g/mol. The number of carboxylic acids is 1. The van der Waals surface area contributed by atoms with E-state index in [1.807, 2.05) is 30.3 Å². The number of aromatic hydroxyl groups is 1. The first-order valence-electron chi connectivity index (χ1n) is 21.2. The van der Waals surface area contributed by atoms with Crippen molar-refractivity contribution in [3.8, 4) is 5.75 Å². The number of nitrogens with one attached hydrogen (secondary N) is 5. The summed E-state index contributed by atoms with van der Waals surface area (Å²) in [7, 11) is 0. The summed E-state index contributed by atoms with van der Waals surface area (Å²) in [6.45, 7) is 3.49. The lowest BCUT2D eigenvalue weighted by atomic mass is 10.0. The Hall–Kier alpha value is -7.22. The van der Waals surface area contributed by atoms with Crippen LogP contribution in [0.2, 0.25) is 0 Å². The van der Waals surface area contributed by atoms with Gasteiger partial charge in [0.15, 0.2) is 5.96 Å². The number of rotatable bonds is 27. The van der Waals surface area contributed by atoms with E-state index in [1.54, 1.807) is 44.2 Å². The monoisotopic (exact) mass is 903 g/mol. The maximum atomic E-state index is 14.1. The second-order valence-electron chi connectivity index (χ2n) is 15.5. The van der Waals surface area contributed by atoms with E-state index in [0.717, 1.165) is 5.56 Å². The van der Waals surface area contributed by atoms with Gasteiger partial charge in [-0.3, -0.25) is 29.0 Å². The van der Waals surface area contributed by atoms with Crippen LogP contribution < -0.4 is 43.8 Å². The topological polar surface area (TPSA) is 329 Å². The molecule has 3 rings (SSSR count). The number of aliphatic imine (C=N–C) groups is 1. The molecule has 0 aliphatic carbocycles. The van der Waals surface area contributed by atoms with Crippen LogP contribution in [0.4, 0.5) is 4.79 Å². The molecule has 0 aromatic heterocycles. The number of phenolic OH excluding ortho intramolecular Hbond substituents is 1. The minimum Gasteiger partial charge on any atom is -0.508 e. The Morgan fingerprint density at radius 1 is 0.646 bits per heavy atom. The Labute approximate surface area is 377 Å². The van der Waals surface area contributed by atoms with Gasteiger partial charge in [-0.2, -0.15) is 0 Å². The molecular formula is C45H61N9O11. The second kappa shape index (κ2) is 27.8. The SMILES string of the molecule is CC(C)[C@H](NC(=O)[C@H](CC(=O)OCc1ccccc1)NC(=O)[C@H](CCCCNC(=O)OCc1ccccc1)NC(=O)[C@@H](N)CCCN=C(N)N)C(=O)N[C@@H](Cc1ccc(O)cc1)C(=O)O. The Balaban J connectivity index is 1.79. The van der Waals surface area contributed by atoms with Crippen molar-refractivity contribution in [1.82, 2.24) is 26.6 Å². The molecule has 3 aromatic carbocycles. The number of guanidine groups is 1. The molecule has 0 heterocycles. The smallest absolute Gasteiger partial charge is 0.407 e. The maximum absolute atomic E-state index is 14.1. The zero-order valence-corrected chi connectivity index (χ0v) is 36.6. The predicted octanol–water partition coefficient (Wildman–Crippen LogP) is 1.23. The average molecular weight is 904 g/mol. The molecule has 3 aromatic rings. The molecule has 65 heavy (non-hydrogen) atoms. The van der Waals surface area contributed by atoms with Crippen molar-refractivity contribution in [2.75, 3.05) is 13.1 Å². The highest BCUT2D eigenvalue weighted by atomic mass is 16.5. The van der Waals surface area contributed by atoms with Gasteiger partial charge in [0.2, 0.25) is 23.6 Å². The Morgan fingerprint density at radius 3 is 1.80 bits per heavy atom. The van der Waals surface area contributed by atoms with Crippen molar-refractivity contribution in [2.45, 2.75) is 102 Å². The third kappa shape index (κ3) is 20.2. The largest absolute Gasteiger partial charge is 0.508 e. The minimum absolute atomic E-state index is 0.000459. The van der Waals surface area contributed by atoms with Gasteiger partial charge in [-0.1, -0.05) is 86.6 Å². The van der Waals surface area contributed by atoms with Gasteiger partial charge in [0.1, 0.15) is 43.1 Å². The van der Waals surface area contributed by atoms with Crippen LogP contribution in [0, 0.1) is 5.92 Å². The zero-order chi connectivity index (χ0) is 47.7. The fourth-order valence-electron chi connectivity index (χ4n) is 6.20. The first-order chi connectivity index (χ1) is 31.0. The molecule has 0 unspecified atom stereocenters. The number of ether oxygens (including phenoxy) is 2. The first-order valence-corrected chi connectivity index (χ1v) is 21.2. The number of phenols is 1. The highest BCUT2D eigenvalue weighted by Crippen LogP contribution is 2.13. The number of unbranched alkanes of at least 4 members (excludes halogenated alkanes) is 1. The normalized spacial score (nSPS) is 13.1. The third-order valence-electron chi connectivity index (χ3n) is 9.82. The molecule has 20 nitrogen and oxygen atoms in total. The van der Waals surface area contributed by atoms with Gasteiger partial charge in [0, 0.05) is 19.5 Å². The molecule has 0 saturated carbocycles. The number of amides is 5. The third-order valence-corrected chi connectivity index (χ3v) is 9.82. The summed E-state index contributed by atoms with van der Waals surface area (Å²) in [4.78, 5) is 96.7. The second-order valence-corrected chi connectivity index (χ2v) is 15.5. The van der Waals surface area contributed by atoms with Gasteiger partial charge in [0.25, 0.3) is 0 Å². The number of nitrogens with two attached hydrogens (primary N) is 3. The molecule has 0 aliphatic rings. The van der Waals surface area contributed by atoms with E-state index < -0.39 is 84.2 Å². The molecule has 352 valence electrons. The fraction of sp³-hybridized carbons (Fsp3) is 0.422. The number of alkyl carbamates (subject to hydrolysis) is 1. The number of hydrogen-bond acceptors (Lipinski definition) is 12. The van der Waals surface area contributed by atoms with Crippen LogP contribution in [0.3, 0.4) is 0 Å². The molecule has 0 fully saturated rings. The van der Waals surface area contributed by atoms with E-state index in [2.05, 4.69) is 31.6 Å². The van der Waals surface area contributed by atoms with Crippen LogP contribution in [0.15, 0.2) is 89.9 Å². The summed E-state index contributed by atoms with van der Waals surface area (Å²) in [6.07, 6.45) is -0.380. The quantitative estimate of drug-likeness (QED) is 0.0223. The van der Waals surface area contributed by atoms with E-state index in [1.165, 1.54) is 24.3 Å². The zero-order valence-electron chi connectivity index (χ0n) is 36.6. The lowest BCUT2D eigenvalue weighted by Crippen LogP contribution is -2.60. The summed E-state index contributed by atoms with van der Waals surface area (Å²) in [5, 5.41) is 32.4. The number of aliphatic carboxylic acids is 1. The number of hydrogen-bond donors (Lipinski definition) is 10. The Morgan fingerprint density at radius 2 is 1.22 bits per heavy atom. The summed E-state index contributed by atoms with van der Waals surface area (Å²) >= 11 is 0. The van der Waals surface area contributed by atoms with Crippen molar-refractivity contribution in [1.29, 1.82) is 0 Å². The van der Waals surface area contributed by atoms with Gasteiger partial charge in [-0.15, -0.1) is 0 Å². The Bertz CT molecular complexity index is 2030. The van der Waals surface area contributed by atoms with Crippen LogP contribution in [0.1, 0.15) is 69.1 Å². The van der Waals surface area contributed by atoms with E-state index in [9.17, 15) is 43.8 Å². The summed E-state index contributed by atoms with van der Waals surface area (Å²) < 4.78 is 10.7. The number of carbonyl (C=O) groups excluding carboxylic acids is 6. The van der Waals surface area contributed by atoms with Crippen molar-refractivity contribution in [3.05, 3.63) is 102 Å². The van der Waals surface area contributed by atoms with Crippen molar-refractivity contribution in [2.24, 2.45) is 28.1 Å². The van der Waals surface area contributed by atoms with Crippen LogP contribution in [-0.2, 0) is 57.9 Å². The van der Waals surface area contributed by atoms with Crippen LogP contribution in [0.25, 0.3) is 0 Å². The van der Waals surface area contributed by atoms with Gasteiger partial charge >= 0.3 is 18.0 Å². The molecule has 0 radical (unpaired) electrons. The van der Waals surface area contributed by atoms with E-state index >= 15 is 0 Å². The summed E-state index contributed by atoms with van der Waals surface area (Å²) in [6, 6.07) is 16.7. The summed E-state index contributed by atoms with van der Waals surface area (Å²) in [5.41, 5.74) is 18.9. The number of nitrogens with zero attached hydrogens (tertiary/aromatic N) is 1. The van der Waals surface area contributed by atoms with Crippen molar-refractivity contribution in [3.63, 3.8) is 0 Å². The minimum atomic E-state index is -1.65. The van der Waals surface area contributed by atoms with Gasteiger partial charge < -0.3 is 63.5 Å². The predicted molar refractivity (Wildman–Crippen MR) is 239 cm³/mol. The lowest BCUT2D eigenvalue weighted by Gasteiger charge is -2.27. The van der Waals surface area contributed by atoms with Crippen LogP contribution in [-0.4, -0.2) is 101 Å². The number of carboxylic acid groups (broad SMARTS) is 1. The van der Waals surface area contributed by atoms with Crippen molar-refractivity contribution >= 4 is 47.6 Å². The first kappa shape index (κ1) is 52.1. The molecule has 0 aliphatic heterocycles. The van der Waals surface area contributed by atoms with E-state index in [4.69, 9.17) is 26.7 Å². The fourth-order valence-corrected chi connectivity index (χ4v) is 6.20. The van der Waals surface area contributed by atoms with Crippen LogP contribution in [0.5, 0.6) is 5.75 Å². The molecule has 13 N–H and O–H groups in total. The van der Waals surface area contributed by atoms with Gasteiger partial charge in [-0.05, 0) is 66.8 Å². The highest BCUT2D eigenvalue weighted by molar-refractivity contribution is 5.97.